The maximum Gasteiger partial charge on any atom is 0.326 e. The maximum absolute atomic E-state index is 13.4. The van der Waals surface area contributed by atoms with E-state index in [1.807, 2.05) is 12.1 Å². The molecule has 0 spiro atoms. The van der Waals surface area contributed by atoms with E-state index in [2.05, 4.69) is 20.9 Å². The van der Waals surface area contributed by atoms with Gasteiger partial charge in [0.25, 0.3) is 0 Å². The minimum absolute atomic E-state index is 0.0552. The maximum atomic E-state index is 13.4. The first-order chi connectivity index (χ1) is 18.3. The molecule has 5 amide bonds. The second-order valence-corrected chi connectivity index (χ2v) is 9.34. The van der Waals surface area contributed by atoms with Crippen LogP contribution in [0.25, 0.3) is 10.9 Å². The summed E-state index contributed by atoms with van der Waals surface area (Å²) >= 11 is 0. The number of benzene rings is 1. The second-order valence-electron chi connectivity index (χ2n) is 9.34. The summed E-state index contributed by atoms with van der Waals surface area (Å²) in [4.78, 5) is 76.6. The normalized spacial score (nSPS) is 14.8. The van der Waals surface area contributed by atoms with Gasteiger partial charge >= 0.3 is 5.97 Å². The molecule has 0 aliphatic rings. The first kappa shape index (κ1) is 30.8. The van der Waals surface area contributed by atoms with Gasteiger partial charge in [-0.05, 0) is 17.5 Å². The molecule has 5 unspecified atom stereocenters. The summed E-state index contributed by atoms with van der Waals surface area (Å²) in [6.45, 7) is 3.37. The Morgan fingerprint density at radius 3 is 2.08 bits per heavy atom. The van der Waals surface area contributed by atoms with Crippen LogP contribution in [0.15, 0.2) is 30.5 Å². The van der Waals surface area contributed by atoms with E-state index < -0.39 is 78.4 Å². The summed E-state index contributed by atoms with van der Waals surface area (Å²) in [7, 11) is 0. The SMILES string of the molecule is CCC(C)C(NC(=O)C(CC(N)=O)NC(=O)C(Cc1c[nH]c2ccccc12)NC(=O)C(N)CC(N)=O)C(=O)O. The Labute approximate surface area is 224 Å². The van der Waals surface area contributed by atoms with Crippen LogP contribution in [-0.4, -0.2) is 69.8 Å². The minimum atomic E-state index is -1.53. The standard InChI is InChI=1S/C25H35N7O7/c1-3-12(2)21(25(38)39)32-24(37)18(10-20(28)34)31-23(36)17(30-22(35)15(26)9-19(27)33)8-13-11-29-16-7-5-4-6-14(13)16/h4-7,11-12,15,17-18,21,29H,3,8-10,26H2,1-2H3,(H2,27,33)(H2,28,34)(H,30,35)(H,31,36)(H,32,37)(H,38,39). The molecule has 5 atom stereocenters. The number of aliphatic carboxylic acids is 1. The second kappa shape index (κ2) is 13.9. The van der Waals surface area contributed by atoms with Crippen LogP contribution in [0.3, 0.4) is 0 Å². The molecule has 1 heterocycles. The highest BCUT2D eigenvalue weighted by Gasteiger charge is 2.33. The molecule has 2 aromatic rings. The molecular formula is C25H35N7O7. The third kappa shape index (κ3) is 8.81. The number of nitrogens with one attached hydrogen (secondary N) is 4. The Kier molecular flexibility index (Phi) is 11.0. The summed E-state index contributed by atoms with van der Waals surface area (Å²) in [5.41, 5.74) is 17.6. The molecule has 0 saturated heterocycles. The quantitative estimate of drug-likeness (QED) is 0.129. The van der Waals surface area contributed by atoms with Crippen molar-refractivity contribution in [3.05, 3.63) is 36.0 Å². The smallest absolute Gasteiger partial charge is 0.326 e. The van der Waals surface area contributed by atoms with Gasteiger partial charge in [0.1, 0.15) is 18.1 Å². The number of carbonyl (C=O) groups is 6. The van der Waals surface area contributed by atoms with Gasteiger partial charge in [-0.2, -0.15) is 0 Å². The predicted molar refractivity (Wildman–Crippen MR) is 140 cm³/mol. The number of amides is 5. The summed E-state index contributed by atoms with van der Waals surface area (Å²) in [6.07, 6.45) is 0.942. The van der Waals surface area contributed by atoms with Crippen molar-refractivity contribution in [1.82, 2.24) is 20.9 Å². The van der Waals surface area contributed by atoms with E-state index in [-0.39, 0.29) is 6.42 Å². The predicted octanol–water partition coefficient (Wildman–Crippen LogP) is -1.63. The summed E-state index contributed by atoms with van der Waals surface area (Å²) in [5.74, 6) is -6.11. The molecule has 0 aliphatic carbocycles. The van der Waals surface area contributed by atoms with Crippen LogP contribution < -0.4 is 33.2 Å². The Bertz CT molecular complexity index is 1230. The third-order valence-corrected chi connectivity index (χ3v) is 6.30. The molecule has 212 valence electrons. The van der Waals surface area contributed by atoms with E-state index in [4.69, 9.17) is 17.2 Å². The number of nitrogens with two attached hydrogens (primary N) is 3. The number of carboxylic acid groups (broad SMARTS) is 1. The molecule has 39 heavy (non-hydrogen) atoms. The number of aromatic amines is 1. The molecule has 0 bridgehead atoms. The van der Waals surface area contributed by atoms with Gasteiger partial charge in [0.05, 0.1) is 18.9 Å². The van der Waals surface area contributed by atoms with E-state index in [1.165, 1.54) is 0 Å². The van der Waals surface area contributed by atoms with Crippen LogP contribution in [-0.2, 0) is 35.2 Å². The van der Waals surface area contributed by atoms with Gasteiger partial charge in [0.2, 0.25) is 29.5 Å². The van der Waals surface area contributed by atoms with Crippen molar-refractivity contribution < 1.29 is 33.9 Å². The number of H-pyrrole nitrogens is 1. The highest BCUT2D eigenvalue weighted by Crippen LogP contribution is 2.19. The number of hydrogen-bond donors (Lipinski definition) is 8. The lowest BCUT2D eigenvalue weighted by Gasteiger charge is -2.26. The number of para-hydroxylation sites is 1. The fraction of sp³-hybridized carbons (Fsp3) is 0.440. The van der Waals surface area contributed by atoms with Gasteiger partial charge in [0, 0.05) is 23.5 Å². The van der Waals surface area contributed by atoms with Crippen LogP contribution in [0.5, 0.6) is 0 Å². The van der Waals surface area contributed by atoms with Gasteiger partial charge in [-0.1, -0.05) is 38.5 Å². The minimum Gasteiger partial charge on any atom is -0.480 e. The number of primary amides is 2. The van der Waals surface area contributed by atoms with Crippen molar-refractivity contribution in [2.45, 2.75) is 63.7 Å². The molecule has 11 N–H and O–H groups in total. The average Bonchev–Trinajstić information content (AvgIpc) is 3.27. The molecule has 0 aliphatic heterocycles. The molecule has 0 saturated carbocycles. The first-order valence-corrected chi connectivity index (χ1v) is 12.3. The molecule has 0 radical (unpaired) electrons. The molecule has 14 heteroatoms. The Hall–Kier alpha value is -4.46. The zero-order chi connectivity index (χ0) is 29.3. The number of aromatic nitrogens is 1. The summed E-state index contributed by atoms with van der Waals surface area (Å²) < 4.78 is 0. The fourth-order valence-electron chi connectivity index (χ4n) is 3.94. The fourth-order valence-corrected chi connectivity index (χ4v) is 3.94. The van der Waals surface area contributed by atoms with Crippen LogP contribution in [0.2, 0.25) is 0 Å². The van der Waals surface area contributed by atoms with Crippen molar-refractivity contribution in [2.24, 2.45) is 23.1 Å². The van der Waals surface area contributed by atoms with E-state index in [0.717, 1.165) is 10.9 Å². The number of carboxylic acids is 1. The van der Waals surface area contributed by atoms with Gasteiger partial charge in [-0.25, -0.2) is 4.79 Å². The van der Waals surface area contributed by atoms with Crippen molar-refractivity contribution in [1.29, 1.82) is 0 Å². The van der Waals surface area contributed by atoms with E-state index >= 15 is 0 Å². The molecule has 2 rings (SSSR count). The van der Waals surface area contributed by atoms with Crippen molar-refractivity contribution in [3.8, 4) is 0 Å². The largest absolute Gasteiger partial charge is 0.480 e. The third-order valence-electron chi connectivity index (χ3n) is 6.30. The molecule has 1 aromatic heterocycles. The number of hydrogen-bond acceptors (Lipinski definition) is 7. The van der Waals surface area contributed by atoms with Crippen LogP contribution in [0, 0.1) is 5.92 Å². The lowest BCUT2D eigenvalue weighted by molar-refractivity contribution is -0.144. The van der Waals surface area contributed by atoms with Crippen molar-refractivity contribution in [3.63, 3.8) is 0 Å². The van der Waals surface area contributed by atoms with Gasteiger partial charge < -0.3 is 43.2 Å². The monoisotopic (exact) mass is 545 g/mol. The lowest BCUT2D eigenvalue weighted by atomic mass is 9.98. The molecular weight excluding hydrogens is 510 g/mol. The zero-order valence-electron chi connectivity index (χ0n) is 21.7. The van der Waals surface area contributed by atoms with Gasteiger partial charge in [-0.15, -0.1) is 0 Å². The summed E-state index contributed by atoms with van der Waals surface area (Å²) in [6, 6.07) is 1.79. The van der Waals surface area contributed by atoms with E-state index in [1.54, 1.807) is 32.2 Å². The van der Waals surface area contributed by atoms with Crippen LogP contribution in [0.4, 0.5) is 0 Å². The molecule has 1 aromatic carbocycles. The highest BCUT2D eigenvalue weighted by atomic mass is 16.4. The Morgan fingerprint density at radius 1 is 0.897 bits per heavy atom. The van der Waals surface area contributed by atoms with Gasteiger partial charge in [0.15, 0.2) is 0 Å². The topological polar surface area (TPSA) is 253 Å². The van der Waals surface area contributed by atoms with E-state index in [9.17, 15) is 33.9 Å². The number of carbonyl (C=O) groups excluding carboxylic acids is 5. The number of fused-ring (bicyclic) bond motifs is 1. The van der Waals surface area contributed by atoms with E-state index in [0.29, 0.717) is 12.0 Å². The lowest BCUT2D eigenvalue weighted by Crippen LogP contribution is -2.59. The van der Waals surface area contributed by atoms with Crippen molar-refractivity contribution in [2.75, 3.05) is 0 Å². The Balaban J connectivity index is 2.33. The van der Waals surface area contributed by atoms with Crippen LogP contribution in [0.1, 0.15) is 38.7 Å². The van der Waals surface area contributed by atoms with Crippen LogP contribution >= 0.6 is 0 Å². The van der Waals surface area contributed by atoms with Gasteiger partial charge in [-0.3, -0.25) is 24.0 Å². The zero-order valence-corrected chi connectivity index (χ0v) is 21.7. The summed E-state index contributed by atoms with van der Waals surface area (Å²) in [5, 5.41) is 17.5. The van der Waals surface area contributed by atoms with Crippen molar-refractivity contribution >= 4 is 46.4 Å². The molecule has 14 nitrogen and oxygen atoms in total. The Morgan fingerprint density at radius 2 is 1.49 bits per heavy atom. The molecule has 0 fully saturated rings. The number of rotatable bonds is 15. The first-order valence-electron chi connectivity index (χ1n) is 12.3. The average molecular weight is 546 g/mol. The highest BCUT2D eigenvalue weighted by molar-refractivity contribution is 5.97.